The highest BCUT2D eigenvalue weighted by molar-refractivity contribution is 5.80. The summed E-state index contributed by atoms with van der Waals surface area (Å²) < 4.78 is 16.2. The van der Waals surface area contributed by atoms with Gasteiger partial charge in [-0.1, -0.05) is 30.3 Å². The first-order chi connectivity index (χ1) is 11.7. The van der Waals surface area contributed by atoms with Gasteiger partial charge in [-0.2, -0.15) is 0 Å². The van der Waals surface area contributed by atoms with Gasteiger partial charge in [-0.15, -0.1) is 0 Å². The Balaban J connectivity index is 1.64. The molecule has 1 unspecified atom stereocenters. The van der Waals surface area contributed by atoms with E-state index in [1.807, 2.05) is 30.3 Å². The van der Waals surface area contributed by atoms with E-state index in [-0.39, 0.29) is 5.91 Å². The number of carbonyl (C=O) groups is 1. The molecule has 0 saturated heterocycles. The molecule has 1 atom stereocenters. The van der Waals surface area contributed by atoms with Gasteiger partial charge in [0.05, 0.1) is 20.3 Å². The predicted molar refractivity (Wildman–Crippen MR) is 92.2 cm³/mol. The van der Waals surface area contributed by atoms with Gasteiger partial charge in [-0.05, 0) is 36.8 Å². The van der Waals surface area contributed by atoms with E-state index in [1.54, 1.807) is 38.3 Å². The van der Waals surface area contributed by atoms with Crippen LogP contribution in [-0.2, 0) is 16.1 Å². The Morgan fingerprint density at radius 2 is 1.71 bits per heavy atom. The number of rotatable bonds is 9. The molecular formula is C19H23NO4. The number of amides is 1. The number of ether oxygens (including phenoxy) is 3. The molecule has 2 aromatic carbocycles. The maximum atomic E-state index is 12.0. The van der Waals surface area contributed by atoms with E-state index in [0.717, 1.165) is 11.3 Å². The van der Waals surface area contributed by atoms with Gasteiger partial charge in [0.2, 0.25) is 0 Å². The van der Waals surface area contributed by atoms with E-state index in [0.29, 0.717) is 25.5 Å². The molecule has 0 fully saturated rings. The number of methoxy groups -OCH3 is 1. The summed E-state index contributed by atoms with van der Waals surface area (Å²) in [5, 5.41) is 2.80. The van der Waals surface area contributed by atoms with Crippen LogP contribution in [0, 0.1) is 0 Å². The van der Waals surface area contributed by atoms with Crippen LogP contribution in [0.3, 0.4) is 0 Å². The second kappa shape index (κ2) is 9.57. The topological polar surface area (TPSA) is 56.8 Å². The normalized spacial score (nSPS) is 11.6. The third-order valence-electron chi connectivity index (χ3n) is 3.40. The van der Waals surface area contributed by atoms with Crippen molar-refractivity contribution < 1.29 is 19.0 Å². The maximum absolute atomic E-state index is 12.0. The van der Waals surface area contributed by atoms with Crippen molar-refractivity contribution in [3.05, 3.63) is 60.2 Å². The lowest BCUT2D eigenvalue weighted by Crippen LogP contribution is -2.38. The molecule has 0 spiro atoms. The molecule has 1 amide bonds. The Kier molecular flexibility index (Phi) is 7.11. The van der Waals surface area contributed by atoms with Crippen LogP contribution in [0.15, 0.2) is 54.6 Å². The highest BCUT2D eigenvalue weighted by Gasteiger charge is 2.13. The Labute approximate surface area is 142 Å². The van der Waals surface area contributed by atoms with E-state index >= 15 is 0 Å². The van der Waals surface area contributed by atoms with Crippen LogP contribution in [0.2, 0.25) is 0 Å². The van der Waals surface area contributed by atoms with Crippen LogP contribution in [0.1, 0.15) is 12.5 Å². The maximum Gasteiger partial charge on any atom is 0.260 e. The molecule has 5 heteroatoms. The van der Waals surface area contributed by atoms with Gasteiger partial charge < -0.3 is 19.5 Å². The molecular weight excluding hydrogens is 306 g/mol. The van der Waals surface area contributed by atoms with Crippen molar-refractivity contribution in [2.75, 3.05) is 20.3 Å². The lowest BCUT2D eigenvalue weighted by molar-refractivity contribution is -0.127. The lowest BCUT2D eigenvalue weighted by Gasteiger charge is -2.15. The fourth-order valence-corrected chi connectivity index (χ4v) is 2.07. The third-order valence-corrected chi connectivity index (χ3v) is 3.40. The third kappa shape index (κ3) is 5.93. The van der Waals surface area contributed by atoms with Crippen LogP contribution >= 0.6 is 0 Å². The fourth-order valence-electron chi connectivity index (χ4n) is 2.07. The van der Waals surface area contributed by atoms with Crippen molar-refractivity contribution in [1.82, 2.24) is 5.32 Å². The summed E-state index contributed by atoms with van der Waals surface area (Å²) in [6.45, 7) is 3.15. The zero-order chi connectivity index (χ0) is 17.2. The zero-order valence-corrected chi connectivity index (χ0v) is 14.0. The zero-order valence-electron chi connectivity index (χ0n) is 14.0. The first-order valence-corrected chi connectivity index (χ1v) is 7.89. The average Bonchev–Trinajstić information content (AvgIpc) is 2.62. The molecule has 2 rings (SSSR count). The quantitative estimate of drug-likeness (QED) is 0.719. The molecule has 0 radical (unpaired) electrons. The Hall–Kier alpha value is -2.53. The number of carbonyl (C=O) groups excluding carboxylic acids is 1. The lowest BCUT2D eigenvalue weighted by atomic mass is 10.2. The van der Waals surface area contributed by atoms with E-state index in [1.165, 1.54) is 0 Å². The Morgan fingerprint density at radius 3 is 2.38 bits per heavy atom. The number of benzene rings is 2. The highest BCUT2D eigenvalue weighted by Crippen LogP contribution is 2.18. The standard InChI is InChI=1S/C19H23NO4/c1-15(24-18-10-8-17(22-2)9-11-18)19(21)20-12-13-23-14-16-6-4-3-5-7-16/h3-11,15H,12-14H2,1-2H3,(H,20,21). The van der Waals surface area contributed by atoms with Crippen LogP contribution in [-0.4, -0.2) is 32.3 Å². The van der Waals surface area contributed by atoms with Crippen LogP contribution < -0.4 is 14.8 Å². The van der Waals surface area contributed by atoms with Crippen LogP contribution in [0.25, 0.3) is 0 Å². The summed E-state index contributed by atoms with van der Waals surface area (Å²) in [7, 11) is 1.60. The summed E-state index contributed by atoms with van der Waals surface area (Å²) in [6, 6.07) is 17.0. The molecule has 0 saturated carbocycles. The van der Waals surface area contributed by atoms with Gasteiger partial charge in [-0.3, -0.25) is 4.79 Å². The Bertz CT molecular complexity index is 613. The molecule has 5 nitrogen and oxygen atoms in total. The number of hydrogen-bond donors (Lipinski definition) is 1. The molecule has 0 heterocycles. The van der Waals surface area contributed by atoms with Crippen molar-refractivity contribution in [3.63, 3.8) is 0 Å². The highest BCUT2D eigenvalue weighted by atomic mass is 16.5. The van der Waals surface area contributed by atoms with Gasteiger partial charge in [0.1, 0.15) is 11.5 Å². The van der Waals surface area contributed by atoms with Gasteiger partial charge in [-0.25, -0.2) is 0 Å². The van der Waals surface area contributed by atoms with Crippen molar-refractivity contribution in [2.24, 2.45) is 0 Å². The molecule has 2 aromatic rings. The molecule has 0 aromatic heterocycles. The average molecular weight is 329 g/mol. The van der Waals surface area contributed by atoms with E-state index in [2.05, 4.69) is 5.32 Å². The minimum Gasteiger partial charge on any atom is -0.497 e. The number of nitrogens with one attached hydrogen (secondary N) is 1. The number of hydrogen-bond acceptors (Lipinski definition) is 4. The second-order valence-corrected chi connectivity index (χ2v) is 5.26. The Morgan fingerprint density at radius 1 is 1.04 bits per heavy atom. The van der Waals surface area contributed by atoms with Crippen LogP contribution in [0.4, 0.5) is 0 Å². The first kappa shape index (κ1) is 17.8. The van der Waals surface area contributed by atoms with Crippen LogP contribution in [0.5, 0.6) is 11.5 Å². The minimum atomic E-state index is -0.576. The minimum absolute atomic E-state index is 0.172. The van der Waals surface area contributed by atoms with Gasteiger partial charge in [0.25, 0.3) is 5.91 Å². The summed E-state index contributed by atoms with van der Waals surface area (Å²) in [4.78, 5) is 12.0. The predicted octanol–water partition coefficient (Wildman–Crippen LogP) is 2.80. The SMILES string of the molecule is COc1ccc(OC(C)C(=O)NCCOCc2ccccc2)cc1. The molecule has 0 bridgehead atoms. The van der Waals surface area contributed by atoms with Gasteiger partial charge in [0, 0.05) is 6.54 Å². The summed E-state index contributed by atoms with van der Waals surface area (Å²) >= 11 is 0. The van der Waals surface area contributed by atoms with E-state index < -0.39 is 6.10 Å². The van der Waals surface area contributed by atoms with Gasteiger partial charge >= 0.3 is 0 Å². The molecule has 0 aliphatic carbocycles. The van der Waals surface area contributed by atoms with E-state index in [9.17, 15) is 4.79 Å². The molecule has 24 heavy (non-hydrogen) atoms. The fraction of sp³-hybridized carbons (Fsp3) is 0.316. The van der Waals surface area contributed by atoms with Crippen molar-refractivity contribution in [3.8, 4) is 11.5 Å². The largest absolute Gasteiger partial charge is 0.497 e. The smallest absolute Gasteiger partial charge is 0.260 e. The molecule has 128 valence electrons. The molecule has 1 N–H and O–H groups in total. The van der Waals surface area contributed by atoms with Crippen molar-refractivity contribution in [1.29, 1.82) is 0 Å². The summed E-state index contributed by atoms with van der Waals surface area (Å²) in [5.74, 6) is 1.20. The molecule has 0 aliphatic heterocycles. The summed E-state index contributed by atoms with van der Waals surface area (Å²) in [5.41, 5.74) is 1.11. The summed E-state index contributed by atoms with van der Waals surface area (Å²) in [6.07, 6.45) is -0.576. The van der Waals surface area contributed by atoms with Gasteiger partial charge in [0.15, 0.2) is 6.10 Å². The molecule has 0 aliphatic rings. The van der Waals surface area contributed by atoms with E-state index in [4.69, 9.17) is 14.2 Å². The van der Waals surface area contributed by atoms with Crippen molar-refractivity contribution >= 4 is 5.91 Å². The second-order valence-electron chi connectivity index (χ2n) is 5.26. The first-order valence-electron chi connectivity index (χ1n) is 7.89. The van der Waals surface area contributed by atoms with Crippen molar-refractivity contribution in [2.45, 2.75) is 19.6 Å². The monoisotopic (exact) mass is 329 g/mol.